The number of amides is 1. The van der Waals surface area contributed by atoms with E-state index in [0.29, 0.717) is 19.5 Å². The number of piperazine rings is 1. The van der Waals surface area contributed by atoms with Crippen LogP contribution >= 0.6 is 0 Å². The third kappa shape index (κ3) is 3.89. The summed E-state index contributed by atoms with van der Waals surface area (Å²) >= 11 is 0. The zero-order valence-corrected chi connectivity index (χ0v) is 14.1. The van der Waals surface area contributed by atoms with Gasteiger partial charge < -0.3 is 19.7 Å². The van der Waals surface area contributed by atoms with Crippen LogP contribution in [0.4, 0.5) is 5.69 Å². The van der Waals surface area contributed by atoms with E-state index in [1.165, 1.54) is 5.69 Å². The number of hydrogen-bond donors (Lipinski definition) is 0. The molecule has 1 amide bonds. The van der Waals surface area contributed by atoms with Crippen LogP contribution in [0.2, 0.25) is 0 Å². The molecule has 3 rings (SSSR count). The molecule has 5 nitrogen and oxygen atoms in total. The predicted octanol–water partition coefficient (Wildman–Crippen LogP) is 1.43. The summed E-state index contributed by atoms with van der Waals surface area (Å²) in [6.07, 6.45) is 4.06. The van der Waals surface area contributed by atoms with E-state index in [0.717, 1.165) is 38.8 Å². The molecule has 24 heavy (non-hydrogen) atoms. The lowest BCUT2D eigenvalue weighted by Crippen LogP contribution is -2.50. The average molecular weight is 329 g/mol. The molecule has 0 bridgehead atoms. The summed E-state index contributed by atoms with van der Waals surface area (Å²) in [7, 11) is 0. The summed E-state index contributed by atoms with van der Waals surface area (Å²) in [5.74, 6) is -0.926. The summed E-state index contributed by atoms with van der Waals surface area (Å²) in [5.41, 5.74) is 0.820. The lowest BCUT2D eigenvalue weighted by atomic mass is 9.79. The number of benzene rings is 1. The Balaban J connectivity index is 1.56. The van der Waals surface area contributed by atoms with Crippen LogP contribution in [0.3, 0.4) is 0 Å². The van der Waals surface area contributed by atoms with Crippen molar-refractivity contribution in [1.82, 2.24) is 4.90 Å². The van der Waals surface area contributed by atoms with Crippen molar-refractivity contribution < 1.29 is 14.7 Å². The fourth-order valence-electron chi connectivity index (χ4n) is 4.13. The van der Waals surface area contributed by atoms with Crippen LogP contribution in [0.15, 0.2) is 30.3 Å². The van der Waals surface area contributed by atoms with Gasteiger partial charge in [-0.05, 0) is 36.8 Å². The fraction of sp³-hybridized carbons (Fsp3) is 0.579. The fourth-order valence-corrected chi connectivity index (χ4v) is 4.13. The van der Waals surface area contributed by atoms with Crippen LogP contribution in [0.5, 0.6) is 0 Å². The van der Waals surface area contributed by atoms with E-state index in [-0.39, 0.29) is 17.7 Å². The Kier molecular flexibility index (Phi) is 5.07. The van der Waals surface area contributed by atoms with Crippen molar-refractivity contribution in [2.75, 3.05) is 31.1 Å². The van der Waals surface area contributed by atoms with Crippen LogP contribution in [0, 0.1) is 5.41 Å². The molecule has 0 radical (unpaired) electrons. The summed E-state index contributed by atoms with van der Waals surface area (Å²) in [4.78, 5) is 27.9. The first-order valence-electron chi connectivity index (χ1n) is 8.86. The topological polar surface area (TPSA) is 63.7 Å². The molecule has 1 heterocycles. The third-order valence-electron chi connectivity index (χ3n) is 5.46. The van der Waals surface area contributed by atoms with Crippen LogP contribution in [0.1, 0.15) is 38.5 Å². The SMILES string of the molecule is O=C([O-])CC1(CC(=O)N2CCN(c3ccccc3)CC2)CCCC1. The lowest BCUT2D eigenvalue weighted by Gasteiger charge is -2.38. The molecule has 1 aromatic carbocycles. The Morgan fingerprint density at radius 3 is 2.17 bits per heavy atom. The van der Waals surface area contributed by atoms with E-state index in [1.807, 2.05) is 23.1 Å². The van der Waals surface area contributed by atoms with Crippen molar-refractivity contribution in [1.29, 1.82) is 0 Å². The molecule has 2 fully saturated rings. The van der Waals surface area contributed by atoms with Gasteiger partial charge in [-0.25, -0.2) is 0 Å². The molecule has 1 saturated carbocycles. The van der Waals surface area contributed by atoms with Crippen LogP contribution < -0.4 is 10.0 Å². The minimum absolute atomic E-state index is 0.0166. The maximum Gasteiger partial charge on any atom is 0.223 e. The lowest BCUT2D eigenvalue weighted by molar-refractivity contribution is -0.308. The van der Waals surface area contributed by atoms with E-state index in [1.54, 1.807) is 0 Å². The van der Waals surface area contributed by atoms with Gasteiger partial charge in [-0.1, -0.05) is 31.0 Å². The number of rotatable bonds is 5. The second-order valence-corrected chi connectivity index (χ2v) is 7.14. The number of para-hydroxylation sites is 1. The van der Waals surface area contributed by atoms with Crippen molar-refractivity contribution in [2.45, 2.75) is 38.5 Å². The van der Waals surface area contributed by atoms with Crippen molar-refractivity contribution >= 4 is 17.6 Å². The van der Waals surface area contributed by atoms with E-state index in [2.05, 4.69) is 17.0 Å². The quantitative estimate of drug-likeness (QED) is 0.820. The molecular formula is C19H25N2O3-. The van der Waals surface area contributed by atoms with Crippen LogP contribution in [-0.2, 0) is 9.59 Å². The van der Waals surface area contributed by atoms with Gasteiger partial charge >= 0.3 is 0 Å². The molecule has 0 spiro atoms. The Hall–Kier alpha value is -2.04. The van der Waals surface area contributed by atoms with Gasteiger partial charge in [-0.2, -0.15) is 0 Å². The molecule has 2 aliphatic rings. The minimum Gasteiger partial charge on any atom is -0.550 e. The molecule has 1 aromatic rings. The largest absolute Gasteiger partial charge is 0.550 e. The molecule has 0 atom stereocenters. The number of carboxylic acid groups (broad SMARTS) is 1. The molecule has 0 aromatic heterocycles. The van der Waals surface area contributed by atoms with Gasteiger partial charge in [0.15, 0.2) is 0 Å². The van der Waals surface area contributed by atoms with Gasteiger partial charge in [0.25, 0.3) is 0 Å². The number of carboxylic acids is 1. The molecule has 0 N–H and O–H groups in total. The van der Waals surface area contributed by atoms with E-state index >= 15 is 0 Å². The molecule has 1 saturated heterocycles. The normalized spacial score (nSPS) is 20.2. The average Bonchev–Trinajstić information content (AvgIpc) is 3.03. The van der Waals surface area contributed by atoms with Gasteiger partial charge in [0.2, 0.25) is 5.91 Å². The number of hydrogen-bond acceptors (Lipinski definition) is 4. The predicted molar refractivity (Wildman–Crippen MR) is 90.4 cm³/mol. The van der Waals surface area contributed by atoms with Crippen molar-refractivity contribution in [3.05, 3.63) is 30.3 Å². The second-order valence-electron chi connectivity index (χ2n) is 7.14. The van der Waals surface area contributed by atoms with Gasteiger partial charge in [-0.3, -0.25) is 4.79 Å². The number of aliphatic carboxylic acids is 1. The Labute approximate surface area is 143 Å². The molecule has 1 aliphatic carbocycles. The number of anilines is 1. The summed E-state index contributed by atoms with van der Waals surface area (Å²) < 4.78 is 0. The van der Waals surface area contributed by atoms with Crippen molar-refractivity contribution in [3.63, 3.8) is 0 Å². The van der Waals surface area contributed by atoms with Crippen LogP contribution in [-0.4, -0.2) is 43.0 Å². The Morgan fingerprint density at radius 1 is 0.958 bits per heavy atom. The standard InChI is InChI=1S/C19H26N2O3/c22-17(14-19(15-18(23)24)8-4-5-9-19)21-12-10-20(11-13-21)16-6-2-1-3-7-16/h1-3,6-7H,4-5,8-15H2,(H,23,24)/p-1. The van der Waals surface area contributed by atoms with Crippen molar-refractivity contribution in [2.24, 2.45) is 5.41 Å². The maximum atomic E-state index is 12.7. The second kappa shape index (κ2) is 7.24. The highest BCUT2D eigenvalue weighted by Crippen LogP contribution is 2.44. The first kappa shape index (κ1) is 16.8. The molecule has 5 heteroatoms. The summed E-state index contributed by atoms with van der Waals surface area (Å²) in [5, 5.41) is 11.1. The number of carbonyl (C=O) groups is 2. The third-order valence-corrected chi connectivity index (χ3v) is 5.46. The molecule has 1 aliphatic heterocycles. The minimum atomic E-state index is -1.03. The molecule has 130 valence electrons. The molecule has 0 unspecified atom stereocenters. The zero-order chi connectivity index (χ0) is 17.0. The first-order chi connectivity index (χ1) is 11.6. The van der Waals surface area contributed by atoms with Crippen LogP contribution in [0.25, 0.3) is 0 Å². The first-order valence-corrected chi connectivity index (χ1v) is 8.86. The summed E-state index contributed by atoms with van der Waals surface area (Å²) in [6.45, 7) is 3.05. The van der Waals surface area contributed by atoms with E-state index in [4.69, 9.17) is 0 Å². The highest BCUT2D eigenvalue weighted by molar-refractivity contribution is 5.78. The van der Waals surface area contributed by atoms with Gasteiger partial charge in [-0.15, -0.1) is 0 Å². The highest BCUT2D eigenvalue weighted by atomic mass is 16.4. The van der Waals surface area contributed by atoms with Gasteiger partial charge in [0.05, 0.1) is 0 Å². The summed E-state index contributed by atoms with van der Waals surface area (Å²) in [6, 6.07) is 10.2. The maximum absolute atomic E-state index is 12.7. The Bertz CT molecular complexity index is 574. The van der Waals surface area contributed by atoms with E-state index < -0.39 is 5.97 Å². The number of carbonyl (C=O) groups excluding carboxylic acids is 2. The van der Waals surface area contributed by atoms with Gasteiger partial charge in [0, 0.05) is 44.3 Å². The molecular weight excluding hydrogens is 304 g/mol. The van der Waals surface area contributed by atoms with E-state index in [9.17, 15) is 14.7 Å². The number of nitrogens with zero attached hydrogens (tertiary/aromatic N) is 2. The monoisotopic (exact) mass is 329 g/mol. The van der Waals surface area contributed by atoms with Crippen molar-refractivity contribution in [3.8, 4) is 0 Å². The van der Waals surface area contributed by atoms with Gasteiger partial charge in [0.1, 0.15) is 0 Å². The Morgan fingerprint density at radius 2 is 1.58 bits per heavy atom. The zero-order valence-electron chi connectivity index (χ0n) is 14.1. The smallest absolute Gasteiger partial charge is 0.223 e. The highest BCUT2D eigenvalue weighted by Gasteiger charge is 2.37.